The van der Waals surface area contributed by atoms with Gasteiger partial charge in [0.2, 0.25) is 10.0 Å². The normalized spacial score (nSPS) is 22.2. The fraction of sp³-hybridized carbons (Fsp3) is 0.538. The van der Waals surface area contributed by atoms with Crippen LogP contribution in [0.5, 0.6) is 0 Å². The second kappa shape index (κ2) is 5.98. The molecule has 0 radical (unpaired) electrons. The zero-order valence-electron chi connectivity index (χ0n) is 12.0. The highest BCUT2D eigenvalue weighted by molar-refractivity contribution is 7.89. The molecule has 0 aromatic heterocycles. The standard InChI is InChI=1S/C13H19N3O4S/c1-9-4-3-5-11(9)15-21(19,20)10-6-7-12(14-2)13(8-10)16(17)18/h6-9,11,14-15H,3-5H2,1-2H3. The first-order valence-electron chi connectivity index (χ1n) is 6.83. The Kier molecular flexibility index (Phi) is 4.48. The molecule has 1 aliphatic carbocycles. The van der Waals surface area contributed by atoms with Crippen molar-refractivity contribution in [1.29, 1.82) is 0 Å². The number of nitrogens with one attached hydrogen (secondary N) is 2. The van der Waals surface area contributed by atoms with Gasteiger partial charge in [0.15, 0.2) is 0 Å². The van der Waals surface area contributed by atoms with Crippen molar-refractivity contribution in [3.63, 3.8) is 0 Å². The molecule has 1 fully saturated rings. The van der Waals surface area contributed by atoms with E-state index in [4.69, 9.17) is 0 Å². The third kappa shape index (κ3) is 3.33. The van der Waals surface area contributed by atoms with Gasteiger partial charge in [0.05, 0.1) is 9.82 Å². The lowest BCUT2D eigenvalue weighted by Gasteiger charge is -2.17. The molecule has 8 heteroatoms. The fourth-order valence-corrected chi connectivity index (χ4v) is 4.03. The van der Waals surface area contributed by atoms with Crippen molar-refractivity contribution in [2.24, 2.45) is 5.92 Å². The molecule has 0 aliphatic heterocycles. The molecule has 0 saturated heterocycles. The first-order chi connectivity index (χ1) is 9.85. The highest BCUT2D eigenvalue weighted by atomic mass is 32.2. The van der Waals surface area contributed by atoms with Crippen LogP contribution in [0.4, 0.5) is 11.4 Å². The molecule has 1 aliphatic rings. The van der Waals surface area contributed by atoms with Crippen LogP contribution in [-0.2, 0) is 10.0 Å². The molecule has 7 nitrogen and oxygen atoms in total. The van der Waals surface area contributed by atoms with Crippen molar-refractivity contribution in [1.82, 2.24) is 4.72 Å². The summed E-state index contributed by atoms with van der Waals surface area (Å²) in [5.74, 6) is 0.284. The smallest absolute Gasteiger partial charge is 0.293 e. The minimum Gasteiger partial charge on any atom is -0.383 e. The number of nitro benzene ring substituents is 1. The van der Waals surface area contributed by atoms with Crippen molar-refractivity contribution in [3.8, 4) is 0 Å². The summed E-state index contributed by atoms with van der Waals surface area (Å²) in [6.45, 7) is 2.01. The lowest BCUT2D eigenvalue weighted by Crippen LogP contribution is -2.36. The summed E-state index contributed by atoms with van der Waals surface area (Å²) in [7, 11) is -2.19. The summed E-state index contributed by atoms with van der Waals surface area (Å²) in [6, 6.07) is 3.78. The molecule has 0 bridgehead atoms. The van der Waals surface area contributed by atoms with Gasteiger partial charge in [-0.15, -0.1) is 0 Å². The van der Waals surface area contributed by atoms with Gasteiger partial charge in [-0.25, -0.2) is 13.1 Å². The zero-order chi connectivity index (χ0) is 15.6. The van der Waals surface area contributed by atoms with E-state index in [2.05, 4.69) is 10.0 Å². The Bertz CT molecular complexity index is 645. The first kappa shape index (κ1) is 15.7. The van der Waals surface area contributed by atoms with Crippen molar-refractivity contribution >= 4 is 21.4 Å². The third-order valence-corrected chi connectivity index (χ3v) is 5.40. The molecule has 0 spiro atoms. The van der Waals surface area contributed by atoms with Crippen molar-refractivity contribution in [3.05, 3.63) is 28.3 Å². The Morgan fingerprint density at radius 2 is 2.05 bits per heavy atom. The van der Waals surface area contributed by atoms with Gasteiger partial charge >= 0.3 is 0 Å². The second-order valence-corrected chi connectivity index (χ2v) is 7.04. The summed E-state index contributed by atoms with van der Waals surface area (Å²) in [5.41, 5.74) is 0.0352. The molecule has 0 heterocycles. The molecule has 1 saturated carbocycles. The van der Waals surface area contributed by atoms with E-state index in [1.54, 1.807) is 7.05 Å². The van der Waals surface area contributed by atoms with Crippen LogP contribution in [0.15, 0.2) is 23.1 Å². The molecule has 2 unspecified atom stereocenters. The van der Waals surface area contributed by atoms with Gasteiger partial charge in [-0.05, 0) is 30.9 Å². The largest absolute Gasteiger partial charge is 0.383 e. The quantitative estimate of drug-likeness (QED) is 0.640. The maximum Gasteiger partial charge on any atom is 0.293 e. The van der Waals surface area contributed by atoms with Crippen LogP contribution in [0, 0.1) is 16.0 Å². The monoisotopic (exact) mass is 313 g/mol. The molecular weight excluding hydrogens is 294 g/mol. The molecular formula is C13H19N3O4S. The number of nitro groups is 1. The van der Waals surface area contributed by atoms with Crippen molar-refractivity contribution in [2.45, 2.75) is 37.1 Å². The van der Waals surface area contributed by atoms with E-state index < -0.39 is 14.9 Å². The highest BCUT2D eigenvalue weighted by Gasteiger charge is 2.29. The predicted molar refractivity (Wildman–Crippen MR) is 79.8 cm³/mol. The number of anilines is 1. The summed E-state index contributed by atoms with van der Waals surface area (Å²) in [6.07, 6.45) is 2.79. The van der Waals surface area contributed by atoms with E-state index in [1.165, 1.54) is 12.1 Å². The molecule has 116 valence electrons. The average Bonchev–Trinajstić information content (AvgIpc) is 2.82. The fourth-order valence-electron chi connectivity index (χ4n) is 2.63. The summed E-state index contributed by atoms with van der Waals surface area (Å²) in [4.78, 5) is 10.3. The molecule has 2 N–H and O–H groups in total. The van der Waals surface area contributed by atoms with Crippen LogP contribution < -0.4 is 10.0 Å². The number of hydrogen-bond acceptors (Lipinski definition) is 5. The molecule has 1 aromatic rings. The van der Waals surface area contributed by atoms with Crippen LogP contribution in [0.25, 0.3) is 0 Å². The summed E-state index contributed by atoms with van der Waals surface area (Å²) < 4.78 is 27.4. The minimum absolute atomic E-state index is 0.0766. The van der Waals surface area contributed by atoms with Gasteiger partial charge in [-0.2, -0.15) is 0 Å². The molecule has 2 rings (SSSR count). The molecule has 1 aromatic carbocycles. The van der Waals surface area contributed by atoms with Crippen LogP contribution in [0.2, 0.25) is 0 Å². The molecule has 0 amide bonds. The van der Waals surface area contributed by atoms with Gasteiger partial charge in [0, 0.05) is 19.2 Å². The van der Waals surface area contributed by atoms with Gasteiger partial charge in [0.1, 0.15) is 5.69 Å². The molecule has 21 heavy (non-hydrogen) atoms. The third-order valence-electron chi connectivity index (χ3n) is 3.91. The molecule has 2 atom stereocenters. The average molecular weight is 313 g/mol. The van der Waals surface area contributed by atoms with E-state index in [1.807, 2.05) is 6.92 Å². The first-order valence-corrected chi connectivity index (χ1v) is 8.32. The Labute approximate surface area is 123 Å². The van der Waals surface area contributed by atoms with E-state index >= 15 is 0 Å². The minimum atomic E-state index is -3.74. The van der Waals surface area contributed by atoms with E-state index in [0.29, 0.717) is 0 Å². The zero-order valence-corrected chi connectivity index (χ0v) is 12.8. The van der Waals surface area contributed by atoms with E-state index in [-0.39, 0.29) is 28.2 Å². The topological polar surface area (TPSA) is 101 Å². The number of rotatable bonds is 5. The van der Waals surface area contributed by atoms with Crippen molar-refractivity contribution < 1.29 is 13.3 Å². The second-order valence-electron chi connectivity index (χ2n) is 5.32. The number of benzene rings is 1. The lowest BCUT2D eigenvalue weighted by atomic mass is 10.1. The van der Waals surface area contributed by atoms with Crippen LogP contribution in [0.1, 0.15) is 26.2 Å². The Balaban J connectivity index is 2.31. The van der Waals surface area contributed by atoms with Gasteiger partial charge in [-0.3, -0.25) is 10.1 Å². The number of sulfonamides is 1. The number of nitrogens with zero attached hydrogens (tertiary/aromatic N) is 1. The highest BCUT2D eigenvalue weighted by Crippen LogP contribution is 2.29. The van der Waals surface area contributed by atoms with Crippen LogP contribution in [-0.4, -0.2) is 26.4 Å². The number of hydrogen-bond donors (Lipinski definition) is 2. The van der Waals surface area contributed by atoms with Crippen LogP contribution in [0.3, 0.4) is 0 Å². The van der Waals surface area contributed by atoms with Gasteiger partial charge in [0.25, 0.3) is 5.69 Å². The lowest BCUT2D eigenvalue weighted by molar-refractivity contribution is -0.384. The maximum atomic E-state index is 12.4. The van der Waals surface area contributed by atoms with E-state index in [9.17, 15) is 18.5 Å². The van der Waals surface area contributed by atoms with E-state index in [0.717, 1.165) is 25.3 Å². The Hall–Kier alpha value is -1.67. The van der Waals surface area contributed by atoms with Crippen molar-refractivity contribution in [2.75, 3.05) is 12.4 Å². The summed E-state index contributed by atoms with van der Waals surface area (Å²) in [5, 5.41) is 13.7. The SMILES string of the molecule is CNc1ccc(S(=O)(=O)NC2CCCC2C)cc1[N+](=O)[O-]. The predicted octanol–water partition coefficient (Wildman–Crippen LogP) is 2.10. The maximum absolute atomic E-state index is 12.4. The van der Waals surface area contributed by atoms with Crippen LogP contribution >= 0.6 is 0 Å². The van der Waals surface area contributed by atoms with Gasteiger partial charge in [-0.1, -0.05) is 13.3 Å². The Morgan fingerprint density at radius 1 is 1.33 bits per heavy atom. The summed E-state index contributed by atoms with van der Waals surface area (Å²) >= 11 is 0. The Morgan fingerprint density at radius 3 is 2.57 bits per heavy atom. The van der Waals surface area contributed by atoms with Gasteiger partial charge < -0.3 is 5.32 Å².